The van der Waals surface area contributed by atoms with E-state index in [1.165, 1.54) is 0 Å². The molecule has 0 bridgehead atoms. The van der Waals surface area contributed by atoms with Crippen LogP contribution in [0.2, 0.25) is 0 Å². The second-order valence-corrected chi connectivity index (χ2v) is 5.44. The molecule has 0 aliphatic carbocycles. The molecule has 2 rings (SSSR count). The molecule has 128 valence electrons. The van der Waals surface area contributed by atoms with Crippen LogP contribution in [0.1, 0.15) is 18.4 Å². The highest BCUT2D eigenvalue weighted by Crippen LogP contribution is 2.24. The minimum Gasteiger partial charge on any atom is -0.491 e. The highest BCUT2D eigenvalue weighted by atomic mass is 16.5. The Labute approximate surface area is 142 Å². The van der Waals surface area contributed by atoms with E-state index in [9.17, 15) is 4.79 Å². The number of benzene rings is 2. The second kappa shape index (κ2) is 9.57. The number of carbonyl (C=O) groups excluding carboxylic acids is 1. The number of amides is 1. The molecule has 2 aromatic rings. The summed E-state index contributed by atoms with van der Waals surface area (Å²) in [5, 5.41) is 2.91. The lowest BCUT2D eigenvalue weighted by Gasteiger charge is -2.12. The summed E-state index contributed by atoms with van der Waals surface area (Å²) in [6.07, 6.45) is 1.77. The topological polar surface area (TPSA) is 73.6 Å². The largest absolute Gasteiger partial charge is 0.491 e. The van der Waals surface area contributed by atoms with Gasteiger partial charge in [0.2, 0.25) is 5.91 Å². The molecule has 1 amide bonds. The first-order valence-electron chi connectivity index (χ1n) is 8.04. The number of aryl methyl sites for hydroxylation is 1. The third-order valence-corrected chi connectivity index (χ3v) is 3.59. The van der Waals surface area contributed by atoms with Crippen LogP contribution in [-0.2, 0) is 16.0 Å². The number of hydrogen-bond acceptors (Lipinski definition) is 4. The number of carbonyl (C=O) groups is 1. The summed E-state index contributed by atoms with van der Waals surface area (Å²) in [6, 6.07) is 15.0. The van der Waals surface area contributed by atoms with E-state index in [-0.39, 0.29) is 5.91 Å². The van der Waals surface area contributed by atoms with Crippen LogP contribution in [0.4, 0.5) is 11.4 Å². The van der Waals surface area contributed by atoms with Gasteiger partial charge in [0.25, 0.3) is 0 Å². The van der Waals surface area contributed by atoms with E-state index in [2.05, 4.69) is 5.32 Å². The number of nitrogen functional groups attached to an aromatic ring is 1. The average molecular weight is 328 g/mol. The fourth-order valence-electron chi connectivity index (χ4n) is 2.30. The monoisotopic (exact) mass is 328 g/mol. The number of nitrogens with one attached hydrogen (secondary N) is 1. The third-order valence-electron chi connectivity index (χ3n) is 3.59. The first-order chi connectivity index (χ1) is 11.7. The molecule has 0 aromatic heterocycles. The molecule has 5 nitrogen and oxygen atoms in total. The van der Waals surface area contributed by atoms with Gasteiger partial charge in [-0.15, -0.1) is 0 Å². The molecule has 0 aliphatic heterocycles. The van der Waals surface area contributed by atoms with Gasteiger partial charge in [-0.3, -0.25) is 4.79 Å². The van der Waals surface area contributed by atoms with E-state index in [1.54, 1.807) is 7.11 Å². The molecule has 0 aliphatic rings. The van der Waals surface area contributed by atoms with Crippen LogP contribution in [0.5, 0.6) is 5.75 Å². The molecule has 5 heteroatoms. The molecule has 0 atom stereocenters. The van der Waals surface area contributed by atoms with Gasteiger partial charge in [0.1, 0.15) is 5.75 Å². The zero-order valence-electron chi connectivity index (χ0n) is 14.0. The van der Waals surface area contributed by atoms with Crippen molar-refractivity contribution in [2.75, 3.05) is 31.4 Å². The molecule has 0 saturated heterocycles. The normalized spacial score (nSPS) is 10.4. The Morgan fingerprint density at radius 2 is 1.83 bits per heavy atom. The van der Waals surface area contributed by atoms with Crippen LogP contribution < -0.4 is 15.8 Å². The highest BCUT2D eigenvalue weighted by Gasteiger charge is 2.08. The van der Waals surface area contributed by atoms with E-state index in [0.717, 1.165) is 12.0 Å². The fourth-order valence-corrected chi connectivity index (χ4v) is 2.30. The molecular weight excluding hydrogens is 304 g/mol. The number of hydrogen-bond donors (Lipinski definition) is 2. The van der Waals surface area contributed by atoms with Crippen molar-refractivity contribution in [1.29, 1.82) is 0 Å². The lowest BCUT2D eigenvalue weighted by Crippen LogP contribution is -2.14. The summed E-state index contributed by atoms with van der Waals surface area (Å²) in [4.78, 5) is 12.2. The number of rotatable bonds is 9. The standard InChI is InChI=1S/C19H24N2O3/c1-23-13-6-14-24-18-10-5-4-9-17(18)21-19(22)12-11-15-7-2-3-8-16(15)20/h2-5,7-10H,6,11-14,20H2,1H3,(H,21,22). The van der Waals surface area contributed by atoms with Crippen molar-refractivity contribution >= 4 is 17.3 Å². The molecule has 24 heavy (non-hydrogen) atoms. The van der Waals surface area contributed by atoms with Gasteiger partial charge >= 0.3 is 0 Å². The smallest absolute Gasteiger partial charge is 0.224 e. The Balaban J connectivity index is 1.88. The maximum Gasteiger partial charge on any atom is 0.224 e. The van der Waals surface area contributed by atoms with E-state index in [0.29, 0.717) is 43.2 Å². The predicted octanol–water partition coefficient (Wildman–Crippen LogP) is 3.26. The zero-order chi connectivity index (χ0) is 17.2. The maximum atomic E-state index is 12.2. The SMILES string of the molecule is COCCCOc1ccccc1NC(=O)CCc1ccccc1N. The molecule has 0 fully saturated rings. The predicted molar refractivity (Wildman–Crippen MR) is 96.2 cm³/mol. The Bertz CT molecular complexity index is 659. The van der Waals surface area contributed by atoms with Crippen molar-refractivity contribution in [1.82, 2.24) is 0 Å². The van der Waals surface area contributed by atoms with Gasteiger partial charge in [-0.25, -0.2) is 0 Å². The van der Waals surface area contributed by atoms with Gasteiger partial charge in [0, 0.05) is 32.2 Å². The van der Waals surface area contributed by atoms with Crippen molar-refractivity contribution in [2.24, 2.45) is 0 Å². The number of nitrogens with two attached hydrogens (primary N) is 1. The highest BCUT2D eigenvalue weighted by molar-refractivity contribution is 5.92. The van der Waals surface area contributed by atoms with Crippen LogP contribution in [0.15, 0.2) is 48.5 Å². The quantitative estimate of drug-likeness (QED) is 0.547. The van der Waals surface area contributed by atoms with Crippen LogP contribution in [0.3, 0.4) is 0 Å². The van der Waals surface area contributed by atoms with Crippen LogP contribution >= 0.6 is 0 Å². The molecule has 3 N–H and O–H groups in total. The van der Waals surface area contributed by atoms with Crippen LogP contribution in [0, 0.1) is 0 Å². The number of para-hydroxylation sites is 3. The summed E-state index contributed by atoms with van der Waals surface area (Å²) in [5.41, 5.74) is 8.28. The average Bonchev–Trinajstić information content (AvgIpc) is 2.59. The first-order valence-corrected chi connectivity index (χ1v) is 8.04. The Kier molecular flexibility index (Phi) is 7.11. The lowest BCUT2D eigenvalue weighted by molar-refractivity contribution is -0.116. The number of anilines is 2. The molecule has 0 saturated carbocycles. The van der Waals surface area contributed by atoms with E-state index in [1.807, 2.05) is 48.5 Å². The van der Waals surface area contributed by atoms with E-state index < -0.39 is 0 Å². The number of methoxy groups -OCH3 is 1. The Hall–Kier alpha value is -2.53. The van der Waals surface area contributed by atoms with Gasteiger partial charge in [-0.05, 0) is 30.2 Å². The van der Waals surface area contributed by atoms with Crippen molar-refractivity contribution in [2.45, 2.75) is 19.3 Å². The van der Waals surface area contributed by atoms with E-state index >= 15 is 0 Å². The number of ether oxygens (including phenoxy) is 2. The summed E-state index contributed by atoms with van der Waals surface area (Å²) in [7, 11) is 1.66. The van der Waals surface area contributed by atoms with Crippen LogP contribution in [0.25, 0.3) is 0 Å². The zero-order valence-corrected chi connectivity index (χ0v) is 14.0. The molecular formula is C19H24N2O3. The Morgan fingerprint density at radius 1 is 1.08 bits per heavy atom. The maximum absolute atomic E-state index is 12.2. The fraction of sp³-hybridized carbons (Fsp3) is 0.316. The van der Waals surface area contributed by atoms with Gasteiger partial charge in [-0.1, -0.05) is 30.3 Å². The van der Waals surface area contributed by atoms with Gasteiger partial charge in [0.05, 0.1) is 12.3 Å². The van der Waals surface area contributed by atoms with Crippen LogP contribution in [-0.4, -0.2) is 26.2 Å². The van der Waals surface area contributed by atoms with E-state index in [4.69, 9.17) is 15.2 Å². The van der Waals surface area contributed by atoms with Gasteiger partial charge < -0.3 is 20.5 Å². The molecule has 0 radical (unpaired) electrons. The minimum absolute atomic E-state index is 0.0637. The molecule has 0 heterocycles. The Morgan fingerprint density at radius 3 is 2.62 bits per heavy atom. The van der Waals surface area contributed by atoms with Gasteiger partial charge in [0.15, 0.2) is 0 Å². The molecule has 0 spiro atoms. The van der Waals surface area contributed by atoms with Crippen molar-refractivity contribution in [3.05, 3.63) is 54.1 Å². The summed E-state index contributed by atoms with van der Waals surface area (Å²) in [6.45, 7) is 1.19. The molecule has 2 aromatic carbocycles. The van der Waals surface area contributed by atoms with Crippen molar-refractivity contribution in [3.63, 3.8) is 0 Å². The summed E-state index contributed by atoms with van der Waals surface area (Å²) < 4.78 is 10.7. The first kappa shape index (κ1) is 17.8. The minimum atomic E-state index is -0.0637. The van der Waals surface area contributed by atoms with Crippen molar-refractivity contribution < 1.29 is 14.3 Å². The van der Waals surface area contributed by atoms with Crippen molar-refractivity contribution in [3.8, 4) is 5.75 Å². The summed E-state index contributed by atoms with van der Waals surface area (Å²) >= 11 is 0. The second-order valence-electron chi connectivity index (χ2n) is 5.44. The molecule has 0 unspecified atom stereocenters. The third kappa shape index (κ3) is 5.59. The lowest BCUT2D eigenvalue weighted by atomic mass is 10.1. The van der Waals surface area contributed by atoms with Gasteiger partial charge in [-0.2, -0.15) is 0 Å². The summed E-state index contributed by atoms with van der Waals surface area (Å²) in [5.74, 6) is 0.604.